The molecule has 0 aliphatic carbocycles. The zero-order valence-electron chi connectivity index (χ0n) is 15.3. The summed E-state index contributed by atoms with van der Waals surface area (Å²) in [6, 6.07) is 12.4. The molecular weight excluding hydrogens is 376 g/mol. The molecule has 8 heteroatoms. The van der Waals surface area contributed by atoms with Gasteiger partial charge in [0.2, 0.25) is 0 Å². The standard InChI is InChI=1S/C20H18N4O3S/c1-11-10-16(24-19(25)15-8-5-9-27-15)28-17(11)20(26)21-12(2)18-22-13-6-3-4-7-14(13)23-18/h3-10,12H,1-2H3,(H,21,26)(H,22,23)(H,24,25). The van der Waals surface area contributed by atoms with Crippen LogP contribution in [-0.4, -0.2) is 21.8 Å². The zero-order chi connectivity index (χ0) is 19.7. The quantitative estimate of drug-likeness (QED) is 0.471. The molecule has 0 spiro atoms. The summed E-state index contributed by atoms with van der Waals surface area (Å²) in [7, 11) is 0. The maximum absolute atomic E-state index is 12.7. The Morgan fingerprint density at radius 3 is 2.75 bits per heavy atom. The number of hydrogen-bond donors (Lipinski definition) is 3. The monoisotopic (exact) mass is 394 g/mol. The van der Waals surface area contributed by atoms with Gasteiger partial charge in [0.15, 0.2) is 5.76 Å². The lowest BCUT2D eigenvalue weighted by atomic mass is 10.2. The van der Waals surface area contributed by atoms with Gasteiger partial charge in [-0.3, -0.25) is 9.59 Å². The fraction of sp³-hybridized carbons (Fsp3) is 0.150. The highest BCUT2D eigenvalue weighted by Gasteiger charge is 2.19. The molecule has 0 fully saturated rings. The van der Waals surface area contributed by atoms with E-state index >= 15 is 0 Å². The van der Waals surface area contributed by atoms with Crippen molar-refractivity contribution in [3.8, 4) is 0 Å². The smallest absolute Gasteiger partial charge is 0.291 e. The zero-order valence-corrected chi connectivity index (χ0v) is 16.1. The first-order valence-electron chi connectivity index (χ1n) is 8.72. The molecule has 3 N–H and O–H groups in total. The fourth-order valence-corrected chi connectivity index (χ4v) is 3.83. The average molecular weight is 394 g/mol. The van der Waals surface area contributed by atoms with Crippen LogP contribution in [0.25, 0.3) is 11.0 Å². The van der Waals surface area contributed by atoms with Crippen molar-refractivity contribution in [3.63, 3.8) is 0 Å². The number of carbonyl (C=O) groups excluding carboxylic acids is 2. The molecule has 7 nitrogen and oxygen atoms in total. The predicted octanol–water partition coefficient (Wildman–Crippen LogP) is 4.27. The Kier molecular flexibility index (Phi) is 4.70. The highest BCUT2D eigenvalue weighted by molar-refractivity contribution is 7.18. The van der Waals surface area contributed by atoms with Crippen molar-refractivity contribution in [1.82, 2.24) is 15.3 Å². The van der Waals surface area contributed by atoms with Gasteiger partial charge in [-0.05, 0) is 49.7 Å². The van der Waals surface area contributed by atoms with E-state index in [1.165, 1.54) is 17.6 Å². The minimum absolute atomic E-state index is 0.214. The second-order valence-corrected chi connectivity index (χ2v) is 7.44. The lowest BCUT2D eigenvalue weighted by Crippen LogP contribution is -2.27. The van der Waals surface area contributed by atoms with Crippen molar-refractivity contribution in [3.05, 3.63) is 70.8 Å². The number of rotatable bonds is 5. The van der Waals surface area contributed by atoms with E-state index in [4.69, 9.17) is 4.42 Å². The van der Waals surface area contributed by atoms with Crippen LogP contribution in [0.5, 0.6) is 0 Å². The van der Waals surface area contributed by atoms with Gasteiger partial charge in [-0.25, -0.2) is 4.98 Å². The van der Waals surface area contributed by atoms with Crippen LogP contribution in [0, 0.1) is 6.92 Å². The van der Waals surface area contributed by atoms with Gasteiger partial charge in [-0.1, -0.05) is 12.1 Å². The van der Waals surface area contributed by atoms with E-state index in [-0.39, 0.29) is 23.6 Å². The van der Waals surface area contributed by atoms with Crippen LogP contribution in [0.15, 0.2) is 53.1 Å². The first-order valence-corrected chi connectivity index (χ1v) is 9.53. The van der Waals surface area contributed by atoms with E-state index in [0.29, 0.717) is 15.7 Å². The number of aromatic amines is 1. The van der Waals surface area contributed by atoms with Gasteiger partial charge in [0.25, 0.3) is 11.8 Å². The van der Waals surface area contributed by atoms with Crippen molar-refractivity contribution in [2.24, 2.45) is 0 Å². The third-order valence-electron chi connectivity index (χ3n) is 4.27. The number of benzene rings is 1. The lowest BCUT2D eigenvalue weighted by molar-refractivity contribution is 0.0941. The third kappa shape index (κ3) is 3.54. The summed E-state index contributed by atoms with van der Waals surface area (Å²) in [5, 5.41) is 6.29. The highest BCUT2D eigenvalue weighted by Crippen LogP contribution is 2.28. The number of furan rings is 1. The third-order valence-corrected chi connectivity index (χ3v) is 5.42. The van der Waals surface area contributed by atoms with Crippen molar-refractivity contribution in [2.75, 3.05) is 5.32 Å². The molecular formula is C20H18N4O3S. The van der Waals surface area contributed by atoms with Crippen LogP contribution in [0.3, 0.4) is 0 Å². The van der Waals surface area contributed by atoms with E-state index in [9.17, 15) is 9.59 Å². The topological polar surface area (TPSA) is 100 Å². The molecule has 3 heterocycles. The van der Waals surface area contributed by atoms with Crippen molar-refractivity contribution >= 4 is 39.2 Å². The SMILES string of the molecule is Cc1cc(NC(=O)c2ccco2)sc1C(=O)NC(C)c1nc2ccccc2[nH]1. The van der Waals surface area contributed by atoms with Crippen LogP contribution >= 0.6 is 11.3 Å². The van der Waals surface area contributed by atoms with E-state index < -0.39 is 0 Å². The number of nitrogens with zero attached hydrogens (tertiary/aromatic N) is 1. The van der Waals surface area contributed by atoms with Gasteiger partial charge in [0.1, 0.15) is 5.82 Å². The molecule has 0 radical (unpaired) electrons. The molecule has 28 heavy (non-hydrogen) atoms. The number of anilines is 1. The number of para-hydroxylation sites is 2. The largest absolute Gasteiger partial charge is 0.459 e. The second kappa shape index (κ2) is 7.32. The Hall–Kier alpha value is -3.39. The molecule has 3 aromatic heterocycles. The molecule has 142 valence electrons. The van der Waals surface area contributed by atoms with Crippen LogP contribution < -0.4 is 10.6 Å². The minimum Gasteiger partial charge on any atom is -0.459 e. The summed E-state index contributed by atoms with van der Waals surface area (Å²) in [5.41, 5.74) is 2.57. The second-order valence-electron chi connectivity index (χ2n) is 6.39. The fourth-order valence-electron chi connectivity index (χ4n) is 2.86. The van der Waals surface area contributed by atoms with E-state index in [1.54, 1.807) is 18.2 Å². The number of fused-ring (bicyclic) bond motifs is 1. The summed E-state index contributed by atoms with van der Waals surface area (Å²) in [5.74, 6) is 0.341. The molecule has 1 aromatic carbocycles. The molecule has 0 aliphatic heterocycles. The number of nitrogens with one attached hydrogen (secondary N) is 3. The number of carbonyl (C=O) groups is 2. The molecule has 0 bridgehead atoms. The maximum atomic E-state index is 12.7. The summed E-state index contributed by atoms with van der Waals surface area (Å²) >= 11 is 1.22. The van der Waals surface area contributed by atoms with Gasteiger partial charge in [-0.2, -0.15) is 0 Å². The first-order chi connectivity index (χ1) is 13.5. The molecule has 1 unspecified atom stereocenters. The van der Waals surface area contributed by atoms with Gasteiger partial charge in [-0.15, -0.1) is 11.3 Å². The van der Waals surface area contributed by atoms with Crippen LogP contribution in [0.2, 0.25) is 0 Å². The average Bonchev–Trinajstić information content (AvgIpc) is 3.40. The Morgan fingerprint density at radius 2 is 2.00 bits per heavy atom. The molecule has 1 atom stereocenters. The van der Waals surface area contributed by atoms with Crippen LogP contribution in [-0.2, 0) is 0 Å². The number of aryl methyl sites for hydroxylation is 1. The molecule has 0 aliphatic rings. The van der Waals surface area contributed by atoms with Gasteiger partial charge < -0.3 is 20.0 Å². The highest BCUT2D eigenvalue weighted by atomic mass is 32.1. The van der Waals surface area contributed by atoms with E-state index in [2.05, 4.69) is 20.6 Å². The van der Waals surface area contributed by atoms with E-state index in [1.807, 2.05) is 38.1 Å². The Bertz CT molecular complexity index is 1110. The Balaban J connectivity index is 1.47. The van der Waals surface area contributed by atoms with Crippen molar-refractivity contribution in [2.45, 2.75) is 19.9 Å². The van der Waals surface area contributed by atoms with Gasteiger partial charge in [0.05, 0.1) is 33.2 Å². The molecule has 0 saturated heterocycles. The molecule has 0 saturated carbocycles. The summed E-state index contributed by atoms with van der Waals surface area (Å²) in [6.45, 7) is 3.71. The molecule has 2 amide bonds. The normalized spacial score (nSPS) is 12.1. The lowest BCUT2D eigenvalue weighted by Gasteiger charge is -2.10. The van der Waals surface area contributed by atoms with Gasteiger partial charge >= 0.3 is 0 Å². The maximum Gasteiger partial charge on any atom is 0.291 e. The minimum atomic E-state index is -0.353. The number of thiophene rings is 1. The first kappa shape index (κ1) is 18.0. The number of amides is 2. The summed E-state index contributed by atoms with van der Waals surface area (Å²) in [6.07, 6.45) is 1.44. The Labute approximate surface area is 164 Å². The molecule has 4 rings (SSSR count). The number of imidazole rings is 1. The predicted molar refractivity (Wildman–Crippen MR) is 108 cm³/mol. The number of aromatic nitrogens is 2. The molecule has 4 aromatic rings. The van der Waals surface area contributed by atoms with Crippen molar-refractivity contribution < 1.29 is 14.0 Å². The van der Waals surface area contributed by atoms with Crippen LogP contribution in [0.1, 0.15) is 44.6 Å². The summed E-state index contributed by atoms with van der Waals surface area (Å²) < 4.78 is 5.08. The number of H-pyrrole nitrogens is 1. The van der Waals surface area contributed by atoms with E-state index in [0.717, 1.165) is 16.6 Å². The van der Waals surface area contributed by atoms with Gasteiger partial charge in [0, 0.05) is 0 Å². The number of hydrogen-bond acceptors (Lipinski definition) is 5. The Morgan fingerprint density at radius 1 is 1.18 bits per heavy atom. The van der Waals surface area contributed by atoms with Crippen LogP contribution in [0.4, 0.5) is 5.00 Å². The summed E-state index contributed by atoms with van der Waals surface area (Å²) in [4.78, 5) is 33.1. The van der Waals surface area contributed by atoms with Crippen molar-refractivity contribution in [1.29, 1.82) is 0 Å².